The molecule has 0 heterocycles. The monoisotopic (exact) mass is 241 g/mol. The Kier molecular flexibility index (Phi) is 5.09. The van der Waals surface area contributed by atoms with Gasteiger partial charge in [0.1, 0.15) is 5.78 Å². The predicted octanol–water partition coefficient (Wildman–Crippen LogP) is -0.982. The number of hydrogen-bond donors (Lipinski definition) is 2. The van der Waals surface area contributed by atoms with Gasteiger partial charge in [-0.1, -0.05) is 12.8 Å². The van der Waals surface area contributed by atoms with Crippen LogP contribution in [-0.2, 0) is 14.4 Å². The highest BCUT2D eigenvalue weighted by molar-refractivity contribution is 5.85. The molecule has 0 aromatic carbocycles. The Bertz CT molecular complexity index is 295. The Hall–Kier alpha value is -1.43. The van der Waals surface area contributed by atoms with Crippen molar-refractivity contribution in [2.24, 2.45) is 17.4 Å². The summed E-state index contributed by atoms with van der Waals surface area (Å²) in [6.45, 7) is -0.140. The minimum atomic E-state index is -0.564. The third kappa shape index (κ3) is 4.95. The van der Waals surface area contributed by atoms with E-state index in [1.807, 2.05) is 0 Å². The van der Waals surface area contributed by atoms with Gasteiger partial charge in [-0.05, 0) is 12.8 Å². The molecule has 0 spiro atoms. The first-order valence-electron chi connectivity index (χ1n) is 5.80. The average molecular weight is 241 g/mol. The molecule has 6 heteroatoms. The van der Waals surface area contributed by atoms with Crippen LogP contribution >= 0.6 is 0 Å². The van der Waals surface area contributed by atoms with E-state index in [-0.39, 0.29) is 31.3 Å². The van der Waals surface area contributed by atoms with Gasteiger partial charge in [-0.2, -0.15) is 0 Å². The van der Waals surface area contributed by atoms with Gasteiger partial charge in [-0.3, -0.25) is 19.3 Å². The van der Waals surface area contributed by atoms with Gasteiger partial charge in [-0.25, -0.2) is 0 Å². The summed E-state index contributed by atoms with van der Waals surface area (Å²) in [4.78, 5) is 34.9. The number of nitrogens with two attached hydrogens (primary N) is 2. The third-order valence-electron chi connectivity index (χ3n) is 2.95. The first-order valence-corrected chi connectivity index (χ1v) is 5.80. The molecule has 1 rings (SSSR count). The number of carbonyl (C=O) groups is 3. The zero-order valence-corrected chi connectivity index (χ0v) is 9.85. The van der Waals surface area contributed by atoms with Crippen molar-refractivity contribution in [3.63, 3.8) is 0 Å². The Labute approximate surface area is 100 Å². The van der Waals surface area contributed by atoms with E-state index in [1.54, 1.807) is 0 Å². The predicted molar refractivity (Wildman–Crippen MR) is 61.8 cm³/mol. The maximum atomic E-state index is 11.9. The topological polar surface area (TPSA) is 106 Å². The van der Waals surface area contributed by atoms with Crippen LogP contribution in [0.15, 0.2) is 0 Å². The average Bonchev–Trinajstić information content (AvgIpc) is 2.67. The fourth-order valence-electron chi connectivity index (χ4n) is 2.21. The second-order valence-electron chi connectivity index (χ2n) is 4.53. The molecule has 4 N–H and O–H groups in total. The lowest BCUT2D eigenvalue weighted by atomic mass is 10.0. The summed E-state index contributed by atoms with van der Waals surface area (Å²) in [6.07, 6.45) is 3.95. The highest BCUT2D eigenvalue weighted by Crippen LogP contribution is 2.25. The van der Waals surface area contributed by atoms with Crippen molar-refractivity contribution in [2.75, 3.05) is 19.6 Å². The molecular weight excluding hydrogens is 222 g/mol. The van der Waals surface area contributed by atoms with E-state index >= 15 is 0 Å². The van der Waals surface area contributed by atoms with Crippen LogP contribution in [-0.4, -0.2) is 42.1 Å². The molecule has 0 unspecified atom stereocenters. The van der Waals surface area contributed by atoms with E-state index in [9.17, 15) is 14.4 Å². The standard InChI is InChI=1S/C11H19N3O3/c12-10(16)6-14(7-11(13)17)5-9(15)8-3-1-2-4-8/h8H,1-7H2,(H2,12,16)(H2,13,17). The number of amides is 2. The maximum Gasteiger partial charge on any atom is 0.231 e. The number of Topliss-reactive ketones (excluding diaryl/α,β-unsaturated/α-hetero) is 1. The van der Waals surface area contributed by atoms with Crippen LogP contribution in [0.4, 0.5) is 0 Å². The molecule has 0 saturated heterocycles. The molecule has 1 saturated carbocycles. The Morgan fingerprint density at radius 2 is 1.41 bits per heavy atom. The molecule has 0 aromatic rings. The minimum Gasteiger partial charge on any atom is -0.369 e. The summed E-state index contributed by atoms with van der Waals surface area (Å²) >= 11 is 0. The zero-order chi connectivity index (χ0) is 12.8. The van der Waals surface area contributed by atoms with Crippen molar-refractivity contribution < 1.29 is 14.4 Å². The zero-order valence-electron chi connectivity index (χ0n) is 9.85. The van der Waals surface area contributed by atoms with Gasteiger partial charge in [0, 0.05) is 5.92 Å². The minimum absolute atomic E-state index is 0.0678. The highest BCUT2D eigenvalue weighted by Gasteiger charge is 2.25. The number of carbonyl (C=O) groups excluding carboxylic acids is 3. The van der Waals surface area contributed by atoms with Crippen LogP contribution in [0.3, 0.4) is 0 Å². The first-order chi connectivity index (χ1) is 7.99. The molecule has 6 nitrogen and oxygen atoms in total. The van der Waals surface area contributed by atoms with Gasteiger partial charge >= 0.3 is 0 Å². The smallest absolute Gasteiger partial charge is 0.231 e. The summed E-state index contributed by atoms with van der Waals surface area (Å²) in [6, 6.07) is 0. The molecule has 17 heavy (non-hydrogen) atoms. The van der Waals surface area contributed by atoms with Crippen molar-refractivity contribution in [3.05, 3.63) is 0 Å². The lowest BCUT2D eigenvalue weighted by molar-refractivity contribution is -0.126. The van der Waals surface area contributed by atoms with Gasteiger partial charge in [0.15, 0.2) is 0 Å². The second kappa shape index (κ2) is 6.34. The number of nitrogens with zero attached hydrogens (tertiary/aromatic N) is 1. The first kappa shape index (κ1) is 13.6. The van der Waals surface area contributed by atoms with Gasteiger partial charge in [0.05, 0.1) is 19.6 Å². The normalized spacial score (nSPS) is 16.3. The molecule has 0 bridgehead atoms. The van der Waals surface area contributed by atoms with Crippen molar-refractivity contribution >= 4 is 17.6 Å². The maximum absolute atomic E-state index is 11.9. The van der Waals surface area contributed by atoms with E-state index in [2.05, 4.69) is 0 Å². The van der Waals surface area contributed by atoms with Crippen LogP contribution in [0.5, 0.6) is 0 Å². The number of primary amides is 2. The number of rotatable bonds is 7. The summed E-state index contributed by atoms with van der Waals surface area (Å²) in [5, 5.41) is 0. The van der Waals surface area contributed by atoms with Gasteiger partial charge < -0.3 is 11.5 Å². The molecule has 96 valence electrons. The van der Waals surface area contributed by atoms with E-state index in [0.29, 0.717) is 0 Å². The van der Waals surface area contributed by atoms with E-state index in [4.69, 9.17) is 11.5 Å². The summed E-state index contributed by atoms with van der Waals surface area (Å²) < 4.78 is 0. The highest BCUT2D eigenvalue weighted by atomic mass is 16.2. The van der Waals surface area contributed by atoms with Gasteiger partial charge in [0.25, 0.3) is 0 Å². The fourth-order valence-corrected chi connectivity index (χ4v) is 2.21. The van der Waals surface area contributed by atoms with Crippen molar-refractivity contribution in [2.45, 2.75) is 25.7 Å². The lowest BCUT2D eigenvalue weighted by Crippen LogP contribution is -2.43. The van der Waals surface area contributed by atoms with Crippen LogP contribution in [0, 0.1) is 5.92 Å². The Morgan fingerprint density at radius 1 is 0.941 bits per heavy atom. The van der Waals surface area contributed by atoms with Crippen LogP contribution in [0.1, 0.15) is 25.7 Å². The van der Waals surface area contributed by atoms with E-state index < -0.39 is 11.8 Å². The Morgan fingerprint density at radius 3 is 1.82 bits per heavy atom. The molecule has 1 aliphatic rings. The lowest BCUT2D eigenvalue weighted by Gasteiger charge is -2.19. The summed E-state index contributed by atoms with van der Waals surface area (Å²) in [7, 11) is 0. The van der Waals surface area contributed by atoms with E-state index in [1.165, 1.54) is 4.90 Å². The van der Waals surface area contributed by atoms with Gasteiger partial charge in [-0.15, -0.1) is 0 Å². The molecule has 1 aliphatic carbocycles. The largest absolute Gasteiger partial charge is 0.369 e. The molecule has 0 aromatic heterocycles. The van der Waals surface area contributed by atoms with Crippen molar-refractivity contribution in [3.8, 4) is 0 Å². The second-order valence-corrected chi connectivity index (χ2v) is 4.53. The van der Waals surface area contributed by atoms with Crippen LogP contribution < -0.4 is 11.5 Å². The fraction of sp³-hybridized carbons (Fsp3) is 0.727. The number of ketones is 1. The summed E-state index contributed by atoms with van der Waals surface area (Å²) in [5.74, 6) is -0.987. The van der Waals surface area contributed by atoms with Crippen molar-refractivity contribution in [1.82, 2.24) is 4.90 Å². The summed E-state index contributed by atoms with van der Waals surface area (Å²) in [5.41, 5.74) is 10.1. The molecule has 1 fully saturated rings. The Balaban J connectivity index is 2.48. The van der Waals surface area contributed by atoms with Gasteiger partial charge in [0.2, 0.25) is 11.8 Å². The van der Waals surface area contributed by atoms with E-state index in [0.717, 1.165) is 25.7 Å². The van der Waals surface area contributed by atoms with Crippen molar-refractivity contribution in [1.29, 1.82) is 0 Å². The SMILES string of the molecule is NC(=O)CN(CC(N)=O)CC(=O)C1CCCC1. The molecule has 2 amide bonds. The third-order valence-corrected chi connectivity index (χ3v) is 2.95. The quantitative estimate of drug-likeness (QED) is 0.597. The molecule has 0 atom stereocenters. The molecular formula is C11H19N3O3. The number of hydrogen-bond acceptors (Lipinski definition) is 4. The molecule has 0 radical (unpaired) electrons. The van der Waals surface area contributed by atoms with Crippen LogP contribution in [0.2, 0.25) is 0 Å². The molecule has 0 aliphatic heterocycles. The van der Waals surface area contributed by atoms with Crippen LogP contribution in [0.25, 0.3) is 0 Å².